The highest BCUT2D eigenvalue weighted by atomic mass is 35.5. The van der Waals surface area contributed by atoms with E-state index in [1.807, 2.05) is 13.8 Å². The summed E-state index contributed by atoms with van der Waals surface area (Å²) in [6.07, 6.45) is -4.36. The lowest BCUT2D eigenvalue weighted by Gasteiger charge is -2.15. The van der Waals surface area contributed by atoms with Crippen molar-refractivity contribution in [3.05, 3.63) is 58.7 Å². The van der Waals surface area contributed by atoms with E-state index in [-0.39, 0.29) is 18.0 Å². The molecule has 0 unspecified atom stereocenters. The molecule has 1 nitrogen and oxygen atoms in total. The minimum Gasteiger partial charge on any atom is -0.326 e. The fourth-order valence-electron chi connectivity index (χ4n) is 2.45. The number of halogens is 4. The van der Waals surface area contributed by atoms with Crippen LogP contribution in [0, 0.1) is 13.8 Å². The number of hydrogen-bond donors (Lipinski definition) is 1. The van der Waals surface area contributed by atoms with Crippen molar-refractivity contribution in [1.29, 1.82) is 0 Å². The fourth-order valence-corrected chi connectivity index (χ4v) is 2.45. The van der Waals surface area contributed by atoms with Gasteiger partial charge in [-0.3, -0.25) is 0 Å². The summed E-state index contributed by atoms with van der Waals surface area (Å²) in [5, 5.41) is 0. The second kappa shape index (κ2) is 6.50. The van der Waals surface area contributed by atoms with E-state index in [1.165, 1.54) is 12.1 Å². The molecule has 0 bridgehead atoms. The van der Waals surface area contributed by atoms with Gasteiger partial charge in [0.15, 0.2) is 0 Å². The predicted octanol–water partition coefficient (Wildman–Crippen LogP) is 4.87. The van der Waals surface area contributed by atoms with E-state index in [4.69, 9.17) is 5.73 Å². The van der Waals surface area contributed by atoms with Crippen LogP contribution in [-0.2, 0) is 12.7 Å². The smallest absolute Gasteiger partial charge is 0.326 e. The van der Waals surface area contributed by atoms with E-state index >= 15 is 0 Å². The van der Waals surface area contributed by atoms with Crippen LogP contribution in [0.15, 0.2) is 36.4 Å². The Morgan fingerprint density at radius 1 is 1.00 bits per heavy atom. The van der Waals surface area contributed by atoms with E-state index in [2.05, 4.69) is 0 Å². The van der Waals surface area contributed by atoms with Crippen LogP contribution in [0.4, 0.5) is 13.2 Å². The van der Waals surface area contributed by atoms with E-state index in [9.17, 15) is 13.2 Å². The number of hydrogen-bond acceptors (Lipinski definition) is 1. The molecule has 0 saturated heterocycles. The molecule has 0 heterocycles. The monoisotopic (exact) mass is 315 g/mol. The van der Waals surface area contributed by atoms with Crippen LogP contribution in [0.25, 0.3) is 11.1 Å². The maximum absolute atomic E-state index is 13.1. The van der Waals surface area contributed by atoms with Gasteiger partial charge >= 0.3 is 6.18 Å². The van der Waals surface area contributed by atoms with E-state index in [0.717, 1.165) is 22.8 Å². The van der Waals surface area contributed by atoms with Gasteiger partial charge in [-0.2, -0.15) is 13.2 Å². The molecule has 2 aromatic carbocycles. The average molecular weight is 316 g/mol. The number of rotatable bonds is 2. The van der Waals surface area contributed by atoms with Crippen LogP contribution in [0.2, 0.25) is 0 Å². The van der Waals surface area contributed by atoms with Gasteiger partial charge in [-0.15, -0.1) is 12.4 Å². The predicted molar refractivity (Wildman–Crippen MR) is 81.5 cm³/mol. The third-order valence-corrected chi connectivity index (χ3v) is 3.44. The lowest BCUT2D eigenvalue weighted by atomic mass is 9.93. The molecular weight excluding hydrogens is 299 g/mol. The Balaban J connectivity index is 0.00000220. The Morgan fingerprint density at radius 3 is 2.00 bits per heavy atom. The van der Waals surface area contributed by atoms with Crippen molar-refractivity contribution in [2.24, 2.45) is 5.73 Å². The van der Waals surface area contributed by atoms with Crippen LogP contribution in [-0.4, -0.2) is 0 Å². The van der Waals surface area contributed by atoms with Crippen LogP contribution >= 0.6 is 12.4 Å². The van der Waals surface area contributed by atoms with Gasteiger partial charge in [0.1, 0.15) is 0 Å². The van der Waals surface area contributed by atoms with Crippen molar-refractivity contribution in [3.8, 4) is 11.1 Å². The SMILES string of the molecule is Cc1cc(-c2ccccc2C(F)(F)F)cc(C)c1CN.Cl. The lowest BCUT2D eigenvalue weighted by Crippen LogP contribution is -2.07. The van der Waals surface area contributed by atoms with Gasteiger partial charge in [-0.25, -0.2) is 0 Å². The first kappa shape index (κ1) is 17.5. The second-order valence-electron chi connectivity index (χ2n) is 4.84. The Morgan fingerprint density at radius 2 is 1.52 bits per heavy atom. The first-order valence-electron chi connectivity index (χ1n) is 6.31. The van der Waals surface area contributed by atoms with Crippen LogP contribution < -0.4 is 5.73 Å². The standard InChI is InChI=1S/C16H16F3N.ClH/c1-10-7-12(8-11(2)14(10)9-20)13-5-3-4-6-15(13)16(17,18)19;/h3-8H,9,20H2,1-2H3;1H. The molecule has 0 fully saturated rings. The molecule has 2 N–H and O–H groups in total. The molecule has 0 aliphatic carbocycles. The summed E-state index contributed by atoms with van der Waals surface area (Å²) in [5.74, 6) is 0. The summed E-state index contributed by atoms with van der Waals surface area (Å²) < 4.78 is 39.2. The maximum Gasteiger partial charge on any atom is 0.417 e. The van der Waals surface area contributed by atoms with Gasteiger partial charge in [0.05, 0.1) is 5.56 Å². The Labute approximate surface area is 128 Å². The zero-order valence-corrected chi connectivity index (χ0v) is 12.6. The summed E-state index contributed by atoms with van der Waals surface area (Å²) in [4.78, 5) is 0. The molecule has 0 aromatic heterocycles. The van der Waals surface area contributed by atoms with Crippen molar-refractivity contribution in [3.63, 3.8) is 0 Å². The maximum atomic E-state index is 13.1. The first-order valence-corrected chi connectivity index (χ1v) is 6.31. The van der Waals surface area contributed by atoms with Crippen molar-refractivity contribution >= 4 is 12.4 Å². The van der Waals surface area contributed by atoms with Gasteiger partial charge < -0.3 is 5.73 Å². The molecule has 0 saturated carbocycles. The van der Waals surface area contributed by atoms with Crippen molar-refractivity contribution in [2.75, 3.05) is 0 Å². The van der Waals surface area contributed by atoms with E-state index in [1.54, 1.807) is 18.2 Å². The molecule has 0 aliphatic heterocycles. The van der Waals surface area contributed by atoms with Crippen molar-refractivity contribution < 1.29 is 13.2 Å². The summed E-state index contributed by atoms with van der Waals surface area (Å²) in [6, 6.07) is 9.15. The molecule has 0 atom stereocenters. The minimum atomic E-state index is -4.36. The van der Waals surface area contributed by atoms with Crippen LogP contribution in [0.1, 0.15) is 22.3 Å². The molecule has 0 amide bonds. The highest BCUT2D eigenvalue weighted by Crippen LogP contribution is 2.37. The van der Waals surface area contributed by atoms with Gasteiger partial charge in [0.25, 0.3) is 0 Å². The van der Waals surface area contributed by atoms with Gasteiger partial charge in [0.2, 0.25) is 0 Å². The van der Waals surface area contributed by atoms with E-state index < -0.39 is 11.7 Å². The Bertz CT molecular complexity index is 613. The largest absolute Gasteiger partial charge is 0.417 e. The lowest BCUT2D eigenvalue weighted by molar-refractivity contribution is -0.137. The highest BCUT2D eigenvalue weighted by Gasteiger charge is 2.33. The fraction of sp³-hybridized carbons (Fsp3) is 0.250. The molecule has 0 aliphatic rings. The summed E-state index contributed by atoms with van der Waals surface area (Å²) >= 11 is 0. The molecule has 0 radical (unpaired) electrons. The number of nitrogens with two attached hydrogens (primary N) is 1. The third-order valence-electron chi connectivity index (χ3n) is 3.44. The zero-order chi connectivity index (χ0) is 14.9. The third kappa shape index (κ3) is 3.57. The zero-order valence-electron chi connectivity index (χ0n) is 11.8. The molecule has 5 heteroatoms. The van der Waals surface area contributed by atoms with E-state index in [0.29, 0.717) is 12.1 Å². The molecule has 2 aromatic rings. The Hall–Kier alpha value is -1.52. The minimum absolute atomic E-state index is 0. The average Bonchev–Trinajstić information content (AvgIpc) is 2.37. The van der Waals surface area contributed by atoms with Crippen molar-refractivity contribution in [2.45, 2.75) is 26.6 Å². The van der Waals surface area contributed by atoms with Gasteiger partial charge in [0, 0.05) is 6.54 Å². The summed E-state index contributed by atoms with van der Waals surface area (Å²) in [7, 11) is 0. The normalized spacial score (nSPS) is 11.1. The number of aryl methyl sites for hydroxylation is 2. The van der Waals surface area contributed by atoms with Crippen LogP contribution in [0.5, 0.6) is 0 Å². The molecular formula is C16H17ClF3N. The van der Waals surface area contributed by atoms with Crippen LogP contribution in [0.3, 0.4) is 0 Å². The Kier molecular flexibility index (Phi) is 5.42. The molecule has 2 rings (SSSR count). The molecule has 114 valence electrons. The van der Waals surface area contributed by atoms with Gasteiger partial charge in [-0.05, 0) is 47.7 Å². The number of benzene rings is 2. The quantitative estimate of drug-likeness (QED) is 0.840. The first-order chi connectivity index (χ1) is 9.34. The summed E-state index contributed by atoms with van der Waals surface area (Å²) in [6.45, 7) is 4.13. The second-order valence-corrected chi connectivity index (χ2v) is 4.84. The topological polar surface area (TPSA) is 26.0 Å². The number of alkyl halides is 3. The van der Waals surface area contributed by atoms with Gasteiger partial charge in [-0.1, -0.05) is 30.3 Å². The molecule has 0 spiro atoms. The highest BCUT2D eigenvalue weighted by molar-refractivity contribution is 5.85. The molecule has 21 heavy (non-hydrogen) atoms. The summed E-state index contributed by atoms with van der Waals surface area (Å²) in [5.41, 5.74) is 8.64. The van der Waals surface area contributed by atoms with Crippen molar-refractivity contribution in [1.82, 2.24) is 0 Å².